The zero-order valence-corrected chi connectivity index (χ0v) is 14.7. The summed E-state index contributed by atoms with van der Waals surface area (Å²) in [5.41, 5.74) is 4.72. The molecule has 2 amide bonds. The topological polar surface area (TPSA) is 58.6 Å². The highest BCUT2D eigenvalue weighted by Gasteiger charge is 2.32. The van der Waals surface area contributed by atoms with Gasteiger partial charge in [0.1, 0.15) is 6.10 Å². The zero-order chi connectivity index (χ0) is 18.0. The number of hydrogen-bond acceptors (Lipinski definition) is 3. The van der Waals surface area contributed by atoms with E-state index in [1.807, 2.05) is 45.0 Å². The molecule has 0 radical (unpaired) electrons. The van der Waals surface area contributed by atoms with E-state index in [4.69, 9.17) is 4.74 Å². The summed E-state index contributed by atoms with van der Waals surface area (Å²) in [7, 11) is 0. The van der Waals surface area contributed by atoms with Crippen molar-refractivity contribution in [1.29, 1.82) is 0 Å². The molecule has 1 atom stereocenters. The Balaban J connectivity index is 1.61. The predicted octanol–water partition coefficient (Wildman–Crippen LogP) is 3.37. The minimum Gasteiger partial charge on any atom is -0.442 e. The Morgan fingerprint density at radius 1 is 1.08 bits per heavy atom. The van der Waals surface area contributed by atoms with Crippen LogP contribution >= 0.6 is 0 Å². The molecule has 1 aliphatic rings. The number of ether oxygens (including phenoxy) is 1. The van der Waals surface area contributed by atoms with Gasteiger partial charge in [0.2, 0.25) is 0 Å². The molecule has 0 aromatic heterocycles. The lowest BCUT2D eigenvalue weighted by Gasteiger charge is -2.14. The maximum atomic E-state index is 12.2. The molecule has 1 N–H and O–H groups in total. The van der Waals surface area contributed by atoms with Gasteiger partial charge in [0.15, 0.2) is 0 Å². The summed E-state index contributed by atoms with van der Waals surface area (Å²) in [4.78, 5) is 25.9. The molecule has 1 saturated heterocycles. The van der Waals surface area contributed by atoms with Crippen molar-refractivity contribution in [3.63, 3.8) is 0 Å². The molecule has 5 nitrogen and oxygen atoms in total. The molecule has 25 heavy (non-hydrogen) atoms. The molecule has 5 heteroatoms. The lowest BCUT2D eigenvalue weighted by atomic mass is 10.1. The molecule has 0 saturated carbocycles. The van der Waals surface area contributed by atoms with Crippen LogP contribution in [0.15, 0.2) is 42.5 Å². The average molecular weight is 338 g/mol. The number of carbonyl (C=O) groups is 2. The summed E-state index contributed by atoms with van der Waals surface area (Å²) in [5.74, 6) is -0.166. The van der Waals surface area contributed by atoms with Crippen molar-refractivity contribution < 1.29 is 14.3 Å². The standard InChI is InChI=1S/C20H22N2O3/c1-13-4-6-16(7-5-13)19(23)21-11-18-12-22(20(24)25-18)17-9-14(2)8-15(3)10-17/h4-10,18H,11-12H2,1-3H3,(H,21,23). The van der Waals surface area contributed by atoms with Gasteiger partial charge in [-0.1, -0.05) is 23.8 Å². The maximum absolute atomic E-state index is 12.2. The van der Waals surface area contributed by atoms with E-state index in [1.165, 1.54) is 0 Å². The van der Waals surface area contributed by atoms with Crippen LogP contribution in [0.2, 0.25) is 0 Å². The molecular weight excluding hydrogens is 316 g/mol. The van der Waals surface area contributed by atoms with Crippen molar-refractivity contribution in [3.8, 4) is 0 Å². The number of amides is 2. The number of nitrogens with zero attached hydrogens (tertiary/aromatic N) is 1. The van der Waals surface area contributed by atoms with Crippen LogP contribution in [0.25, 0.3) is 0 Å². The fraction of sp³-hybridized carbons (Fsp3) is 0.300. The van der Waals surface area contributed by atoms with Crippen LogP contribution in [0.3, 0.4) is 0 Å². The van der Waals surface area contributed by atoms with Gasteiger partial charge in [0.25, 0.3) is 5.91 Å². The molecule has 130 valence electrons. The number of rotatable bonds is 4. The van der Waals surface area contributed by atoms with E-state index in [9.17, 15) is 9.59 Å². The number of aryl methyl sites for hydroxylation is 3. The summed E-state index contributed by atoms with van der Waals surface area (Å²) in [6, 6.07) is 13.3. The molecule has 1 aliphatic heterocycles. The quantitative estimate of drug-likeness (QED) is 0.930. The fourth-order valence-electron chi connectivity index (χ4n) is 2.96. The fourth-order valence-corrected chi connectivity index (χ4v) is 2.96. The molecule has 0 bridgehead atoms. The Morgan fingerprint density at radius 3 is 2.36 bits per heavy atom. The second kappa shape index (κ2) is 6.97. The minimum absolute atomic E-state index is 0.166. The van der Waals surface area contributed by atoms with Crippen LogP contribution in [-0.4, -0.2) is 31.2 Å². The Morgan fingerprint density at radius 2 is 1.72 bits per heavy atom. The molecule has 3 rings (SSSR count). The van der Waals surface area contributed by atoms with Crippen LogP contribution in [-0.2, 0) is 4.74 Å². The van der Waals surface area contributed by atoms with Crippen LogP contribution in [0.1, 0.15) is 27.0 Å². The molecule has 2 aromatic carbocycles. The summed E-state index contributed by atoms with van der Waals surface area (Å²) in [5, 5.41) is 2.83. The van der Waals surface area contributed by atoms with E-state index in [0.717, 1.165) is 22.4 Å². The lowest BCUT2D eigenvalue weighted by Crippen LogP contribution is -2.34. The lowest BCUT2D eigenvalue weighted by molar-refractivity contribution is 0.0916. The first-order chi connectivity index (χ1) is 11.9. The highest BCUT2D eigenvalue weighted by molar-refractivity contribution is 5.94. The monoisotopic (exact) mass is 338 g/mol. The van der Waals surface area contributed by atoms with Crippen LogP contribution < -0.4 is 10.2 Å². The molecule has 0 aliphatic carbocycles. The van der Waals surface area contributed by atoms with Crippen LogP contribution in [0.4, 0.5) is 10.5 Å². The SMILES string of the molecule is Cc1ccc(C(=O)NCC2CN(c3cc(C)cc(C)c3)C(=O)O2)cc1. The Hall–Kier alpha value is -2.82. The largest absolute Gasteiger partial charge is 0.442 e. The van der Waals surface area contributed by atoms with Gasteiger partial charge in [-0.2, -0.15) is 0 Å². The third-order valence-electron chi connectivity index (χ3n) is 4.20. The Bertz CT molecular complexity index is 779. The van der Waals surface area contributed by atoms with E-state index in [-0.39, 0.29) is 18.1 Å². The van der Waals surface area contributed by atoms with Gasteiger partial charge < -0.3 is 10.1 Å². The van der Waals surface area contributed by atoms with Crippen molar-refractivity contribution >= 4 is 17.7 Å². The van der Waals surface area contributed by atoms with Crippen LogP contribution in [0.5, 0.6) is 0 Å². The number of hydrogen-bond donors (Lipinski definition) is 1. The summed E-state index contributed by atoms with van der Waals surface area (Å²) in [6.45, 7) is 6.69. The van der Waals surface area contributed by atoms with E-state index in [0.29, 0.717) is 18.7 Å². The van der Waals surface area contributed by atoms with Gasteiger partial charge in [0, 0.05) is 11.3 Å². The molecule has 1 fully saturated rings. The number of carbonyl (C=O) groups excluding carboxylic acids is 2. The molecule has 2 aromatic rings. The molecule has 0 spiro atoms. The van der Waals surface area contributed by atoms with E-state index in [2.05, 4.69) is 11.4 Å². The number of benzene rings is 2. The van der Waals surface area contributed by atoms with Crippen molar-refractivity contribution in [2.75, 3.05) is 18.0 Å². The highest BCUT2D eigenvalue weighted by Crippen LogP contribution is 2.24. The van der Waals surface area contributed by atoms with Crippen molar-refractivity contribution in [3.05, 3.63) is 64.7 Å². The predicted molar refractivity (Wildman–Crippen MR) is 97.0 cm³/mol. The van der Waals surface area contributed by atoms with Crippen molar-refractivity contribution in [2.24, 2.45) is 0 Å². The highest BCUT2D eigenvalue weighted by atomic mass is 16.6. The smallest absolute Gasteiger partial charge is 0.414 e. The second-order valence-corrected chi connectivity index (χ2v) is 6.54. The molecule has 1 unspecified atom stereocenters. The van der Waals surface area contributed by atoms with Gasteiger partial charge in [-0.3, -0.25) is 9.69 Å². The Labute approximate surface area is 147 Å². The van der Waals surface area contributed by atoms with Gasteiger partial charge in [-0.25, -0.2) is 4.79 Å². The van der Waals surface area contributed by atoms with E-state index in [1.54, 1.807) is 17.0 Å². The Kier molecular flexibility index (Phi) is 4.74. The number of nitrogens with one attached hydrogen (secondary N) is 1. The first-order valence-electron chi connectivity index (χ1n) is 8.33. The van der Waals surface area contributed by atoms with E-state index < -0.39 is 0 Å². The van der Waals surface area contributed by atoms with Gasteiger partial charge in [-0.05, 0) is 56.2 Å². The normalized spacial score (nSPS) is 16.7. The first-order valence-corrected chi connectivity index (χ1v) is 8.33. The van der Waals surface area contributed by atoms with Gasteiger partial charge >= 0.3 is 6.09 Å². The molecule has 1 heterocycles. The molecular formula is C20H22N2O3. The number of anilines is 1. The van der Waals surface area contributed by atoms with Crippen molar-refractivity contribution in [2.45, 2.75) is 26.9 Å². The summed E-state index contributed by atoms with van der Waals surface area (Å²) >= 11 is 0. The number of cyclic esters (lactones) is 1. The second-order valence-electron chi connectivity index (χ2n) is 6.54. The first kappa shape index (κ1) is 17.0. The van der Waals surface area contributed by atoms with Crippen molar-refractivity contribution in [1.82, 2.24) is 5.32 Å². The maximum Gasteiger partial charge on any atom is 0.414 e. The van der Waals surface area contributed by atoms with Crippen LogP contribution in [0, 0.1) is 20.8 Å². The average Bonchev–Trinajstić information content (AvgIpc) is 2.93. The zero-order valence-electron chi connectivity index (χ0n) is 14.7. The van der Waals surface area contributed by atoms with E-state index >= 15 is 0 Å². The third kappa shape index (κ3) is 3.99. The summed E-state index contributed by atoms with van der Waals surface area (Å²) in [6.07, 6.45) is -0.734. The minimum atomic E-state index is -0.375. The van der Waals surface area contributed by atoms with Gasteiger partial charge in [-0.15, -0.1) is 0 Å². The van der Waals surface area contributed by atoms with Gasteiger partial charge in [0.05, 0.1) is 13.1 Å². The summed E-state index contributed by atoms with van der Waals surface area (Å²) < 4.78 is 5.39. The third-order valence-corrected chi connectivity index (χ3v) is 4.20.